The van der Waals surface area contributed by atoms with Crippen molar-refractivity contribution in [3.63, 3.8) is 0 Å². The standard InChI is InChI=1S/C22H24B.C10H13OS/c1-2-3-19-23(20-13-7-4-8-14-20,21-15-9-5-10-16-21)22-17-11-6-12-18-22;1-12(2)8-10(11)9-6-4-3-5-7-9/h4-18H,2-3,19H2,1H3;3-7H,8H2,1-2H3/q-1;+1. The second-order valence-electron chi connectivity index (χ2n) is 9.34. The van der Waals surface area contributed by atoms with Gasteiger partial charge in [0.15, 0.2) is 5.75 Å². The highest BCUT2D eigenvalue weighted by atomic mass is 32.2. The Hall–Kier alpha value is -3.04. The Kier molecular flexibility index (Phi) is 10.4. The molecule has 4 rings (SSSR count). The summed E-state index contributed by atoms with van der Waals surface area (Å²) in [5.74, 6) is 0.924. The fraction of sp³-hybridized carbons (Fsp3) is 0.219. The number of ketones is 1. The van der Waals surface area contributed by atoms with Gasteiger partial charge in [-0.15, -0.1) is 0 Å². The van der Waals surface area contributed by atoms with Crippen molar-refractivity contribution in [1.82, 2.24) is 0 Å². The molecule has 0 fully saturated rings. The molecule has 1 nitrogen and oxygen atoms in total. The van der Waals surface area contributed by atoms with Crippen LogP contribution in [0.1, 0.15) is 30.1 Å². The molecule has 0 unspecified atom stereocenters. The Morgan fingerprint density at radius 1 is 0.629 bits per heavy atom. The van der Waals surface area contributed by atoms with Gasteiger partial charge in [-0.05, 0) is 10.9 Å². The van der Waals surface area contributed by atoms with Crippen molar-refractivity contribution < 1.29 is 4.79 Å². The van der Waals surface area contributed by atoms with Crippen molar-refractivity contribution in [2.75, 3.05) is 18.3 Å². The molecular weight excluding hydrogens is 443 g/mol. The Labute approximate surface area is 214 Å². The van der Waals surface area contributed by atoms with Crippen LogP contribution in [0, 0.1) is 0 Å². The molecule has 4 aromatic rings. The second-order valence-corrected chi connectivity index (χ2v) is 11.6. The summed E-state index contributed by atoms with van der Waals surface area (Å²) in [6, 6.07) is 42.6. The average Bonchev–Trinajstić information content (AvgIpc) is 2.91. The van der Waals surface area contributed by atoms with Crippen LogP contribution in [-0.4, -0.2) is 30.2 Å². The first kappa shape index (κ1) is 26.6. The summed E-state index contributed by atoms with van der Waals surface area (Å²) in [6.07, 6.45) is 6.90. The molecule has 0 atom stereocenters. The lowest BCUT2D eigenvalue weighted by Gasteiger charge is -2.43. The molecular formula is C32H37BOS. The number of rotatable bonds is 9. The van der Waals surface area contributed by atoms with Crippen molar-refractivity contribution >= 4 is 39.2 Å². The maximum Gasteiger partial charge on any atom is 0.211 e. The zero-order valence-corrected chi connectivity index (χ0v) is 22.1. The Morgan fingerprint density at radius 3 is 1.34 bits per heavy atom. The Morgan fingerprint density at radius 2 is 1.00 bits per heavy atom. The quantitative estimate of drug-likeness (QED) is 0.171. The van der Waals surface area contributed by atoms with Gasteiger partial charge in [0.05, 0.1) is 18.7 Å². The summed E-state index contributed by atoms with van der Waals surface area (Å²) in [6.45, 7) is 2.28. The summed E-state index contributed by atoms with van der Waals surface area (Å²) in [4.78, 5) is 11.5. The lowest BCUT2D eigenvalue weighted by molar-refractivity contribution is 0.102. The summed E-state index contributed by atoms with van der Waals surface area (Å²) in [5.41, 5.74) is 5.16. The molecule has 180 valence electrons. The third-order valence-electron chi connectivity index (χ3n) is 6.61. The minimum absolute atomic E-state index is 0.204. The zero-order chi connectivity index (χ0) is 24.9. The molecule has 0 bridgehead atoms. The molecule has 0 aliphatic heterocycles. The average molecular weight is 481 g/mol. The topological polar surface area (TPSA) is 17.1 Å². The number of hydrogen-bond donors (Lipinski definition) is 0. The number of Topliss-reactive ketones (excluding diaryl/α,β-unsaturated/α-hetero) is 1. The molecule has 0 saturated carbocycles. The van der Waals surface area contributed by atoms with Crippen LogP contribution in [0.2, 0.25) is 6.32 Å². The highest BCUT2D eigenvalue weighted by molar-refractivity contribution is 7.96. The number of carbonyl (C=O) groups excluding carboxylic acids is 1. The highest BCUT2D eigenvalue weighted by Crippen LogP contribution is 2.16. The van der Waals surface area contributed by atoms with Gasteiger partial charge in [0.2, 0.25) is 5.78 Å². The van der Waals surface area contributed by atoms with Gasteiger partial charge in [-0.2, -0.15) is 22.7 Å². The fourth-order valence-electron chi connectivity index (χ4n) is 4.90. The van der Waals surface area contributed by atoms with Crippen LogP contribution in [0.25, 0.3) is 0 Å². The predicted octanol–water partition coefficient (Wildman–Crippen LogP) is 5.70. The van der Waals surface area contributed by atoms with Gasteiger partial charge in [-0.3, -0.25) is 4.79 Å². The van der Waals surface area contributed by atoms with E-state index in [1.54, 1.807) is 0 Å². The van der Waals surface area contributed by atoms with E-state index in [4.69, 9.17) is 0 Å². The van der Waals surface area contributed by atoms with Crippen LogP contribution in [0.15, 0.2) is 121 Å². The minimum atomic E-state index is -0.913. The summed E-state index contributed by atoms with van der Waals surface area (Å²) in [5, 5.41) is 0. The number of carbonyl (C=O) groups is 1. The van der Waals surface area contributed by atoms with Crippen LogP contribution < -0.4 is 16.4 Å². The van der Waals surface area contributed by atoms with E-state index < -0.39 is 6.15 Å². The van der Waals surface area contributed by atoms with Gasteiger partial charge in [0, 0.05) is 5.56 Å². The molecule has 3 heteroatoms. The third kappa shape index (κ3) is 7.22. The SMILES string of the molecule is CCCC[B-](c1ccccc1)(c1ccccc1)c1ccccc1.C[S+](C)CC(=O)c1ccccc1. The van der Waals surface area contributed by atoms with E-state index in [0.717, 1.165) is 5.56 Å². The second kappa shape index (κ2) is 13.8. The Bertz CT molecular complexity index is 1030. The summed E-state index contributed by atoms with van der Waals surface area (Å²) >= 11 is 0. The number of hydrogen-bond acceptors (Lipinski definition) is 1. The number of unbranched alkanes of at least 4 members (excludes halogenated alkanes) is 1. The van der Waals surface area contributed by atoms with E-state index in [2.05, 4.69) is 110 Å². The predicted molar refractivity (Wildman–Crippen MR) is 159 cm³/mol. The van der Waals surface area contributed by atoms with Crippen molar-refractivity contribution in [2.45, 2.75) is 26.1 Å². The van der Waals surface area contributed by atoms with E-state index in [1.165, 1.54) is 35.6 Å². The molecule has 0 saturated heterocycles. The Balaban J connectivity index is 0.000000241. The molecule has 0 aromatic heterocycles. The first-order valence-corrected chi connectivity index (χ1v) is 14.7. The van der Waals surface area contributed by atoms with Gasteiger partial charge in [0.1, 0.15) is 0 Å². The van der Waals surface area contributed by atoms with Gasteiger partial charge in [0.25, 0.3) is 0 Å². The smallest absolute Gasteiger partial charge is 0.211 e. The van der Waals surface area contributed by atoms with Gasteiger partial charge in [-0.1, -0.05) is 141 Å². The van der Waals surface area contributed by atoms with Crippen molar-refractivity contribution in [3.05, 3.63) is 127 Å². The lowest BCUT2D eigenvalue weighted by atomic mass is 9.14. The third-order valence-corrected chi connectivity index (χ3v) is 7.45. The molecule has 0 amide bonds. The maximum atomic E-state index is 11.5. The van der Waals surface area contributed by atoms with Crippen LogP contribution in [-0.2, 0) is 10.9 Å². The first-order valence-electron chi connectivity index (χ1n) is 12.5. The highest BCUT2D eigenvalue weighted by Gasteiger charge is 2.28. The molecule has 0 radical (unpaired) electrons. The molecule has 0 spiro atoms. The van der Waals surface area contributed by atoms with Gasteiger partial charge < -0.3 is 0 Å². The van der Waals surface area contributed by atoms with Gasteiger partial charge in [-0.25, -0.2) is 0 Å². The van der Waals surface area contributed by atoms with Crippen LogP contribution in [0.5, 0.6) is 0 Å². The maximum absolute atomic E-state index is 11.5. The molecule has 0 aliphatic rings. The summed E-state index contributed by atoms with van der Waals surface area (Å²) < 4.78 is 0. The van der Waals surface area contributed by atoms with E-state index >= 15 is 0 Å². The number of benzene rings is 4. The monoisotopic (exact) mass is 480 g/mol. The lowest BCUT2D eigenvalue weighted by Crippen LogP contribution is -2.66. The fourth-order valence-corrected chi connectivity index (χ4v) is 5.59. The molecule has 4 aromatic carbocycles. The molecule has 0 N–H and O–H groups in total. The first-order chi connectivity index (χ1) is 17.1. The summed E-state index contributed by atoms with van der Waals surface area (Å²) in [7, 11) is 0.204. The van der Waals surface area contributed by atoms with Crippen LogP contribution in [0.3, 0.4) is 0 Å². The van der Waals surface area contributed by atoms with E-state index in [1.807, 2.05) is 30.3 Å². The molecule has 35 heavy (non-hydrogen) atoms. The molecule has 0 heterocycles. The van der Waals surface area contributed by atoms with Crippen molar-refractivity contribution in [1.29, 1.82) is 0 Å². The largest absolute Gasteiger partial charge is 0.289 e. The van der Waals surface area contributed by atoms with E-state index in [-0.39, 0.29) is 16.7 Å². The van der Waals surface area contributed by atoms with Crippen molar-refractivity contribution in [2.24, 2.45) is 0 Å². The minimum Gasteiger partial charge on any atom is -0.289 e. The van der Waals surface area contributed by atoms with Crippen LogP contribution in [0.4, 0.5) is 0 Å². The van der Waals surface area contributed by atoms with Crippen molar-refractivity contribution in [3.8, 4) is 0 Å². The van der Waals surface area contributed by atoms with Crippen LogP contribution >= 0.6 is 0 Å². The van der Waals surface area contributed by atoms with E-state index in [9.17, 15) is 4.79 Å². The molecule has 0 aliphatic carbocycles. The van der Waals surface area contributed by atoms with E-state index in [0.29, 0.717) is 5.75 Å². The normalized spacial score (nSPS) is 11.0. The zero-order valence-electron chi connectivity index (χ0n) is 21.3. The van der Waals surface area contributed by atoms with Gasteiger partial charge >= 0.3 is 0 Å².